The minimum Gasteiger partial charge on any atom is -0.493 e. The van der Waals surface area contributed by atoms with E-state index in [4.69, 9.17) is 13.9 Å². The van der Waals surface area contributed by atoms with E-state index in [1.807, 2.05) is 18.2 Å². The molecule has 2 N–H and O–H groups in total. The molecule has 1 aromatic carbocycles. The van der Waals surface area contributed by atoms with Crippen molar-refractivity contribution in [3.8, 4) is 11.5 Å². The number of amidine groups is 1. The average Bonchev–Trinajstić information content (AvgIpc) is 3.26. The maximum Gasteiger partial charge on any atom is 0.234 e. The molecule has 0 bridgehead atoms. The largest absolute Gasteiger partial charge is 0.493 e. The Labute approximate surface area is 177 Å². The van der Waals surface area contributed by atoms with Crippen molar-refractivity contribution in [3.63, 3.8) is 0 Å². The molecule has 1 saturated heterocycles. The molecule has 1 atom stereocenters. The van der Waals surface area contributed by atoms with Crippen LogP contribution in [0, 0.1) is 0 Å². The second-order valence-corrected chi connectivity index (χ2v) is 7.45. The third kappa shape index (κ3) is 5.86. The van der Waals surface area contributed by atoms with Crippen LogP contribution in [0.5, 0.6) is 11.5 Å². The summed E-state index contributed by atoms with van der Waals surface area (Å²) in [6, 6.07) is 9.07. The number of hydrogen-bond donors (Lipinski definition) is 2. The lowest BCUT2D eigenvalue weighted by Gasteiger charge is -2.21. The number of thioether (sulfide) groups is 1. The quantitative estimate of drug-likeness (QED) is 0.489. The molecule has 1 fully saturated rings. The maximum atomic E-state index is 12.5. The van der Waals surface area contributed by atoms with Crippen molar-refractivity contribution in [2.75, 3.05) is 20.8 Å². The minimum atomic E-state index is -0.568. The van der Waals surface area contributed by atoms with Crippen LogP contribution in [0.25, 0.3) is 0 Å². The Balaban J connectivity index is 1.52. The van der Waals surface area contributed by atoms with Gasteiger partial charge in [0.15, 0.2) is 16.7 Å². The summed E-state index contributed by atoms with van der Waals surface area (Å²) in [7, 11) is 3.15. The van der Waals surface area contributed by atoms with Crippen LogP contribution in [0.2, 0.25) is 0 Å². The molecule has 0 spiro atoms. The van der Waals surface area contributed by atoms with Gasteiger partial charge in [-0.25, -0.2) is 0 Å². The minimum absolute atomic E-state index is 0.0772. The van der Waals surface area contributed by atoms with Gasteiger partial charge in [0.25, 0.3) is 0 Å². The van der Waals surface area contributed by atoms with E-state index >= 15 is 0 Å². The molecular formula is C20H22N4O5S. The molecule has 0 saturated carbocycles. The number of rotatable bonds is 8. The van der Waals surface area contributed by atoms with Gasteiger partial charge in [-0.15, -0.1) is 5.10 Å². The number of hydrogen-bond acceptors (Lipinski definition) is 8. The predicted molar refractivity (Wildman–Crippen MR) is 114 cm³/mol. The zero-order valence-electron chi connectivity index (χ0n) is 16.6. The van der Waals surface area contributed by atoms with E-state index in [0.717, 1.165) is 17.3 Å². The second kappa shape index (κ2) is 10.5. The summed E-state index contributed by atoms with van der Waals surface area (Å²) in [6.45, 7) is 0.427. The Hall–Kier alpha value is -3.27. The Morgan fingerprint density at radius 1 is 1.33 bits per heavy atom. The van der Waals surface area contributed by atoms with Crippen LogP contribution in [0.15, 0.2) is 51.2 Å². The molecule has 1 unspecified atom stereocenters. The highest BCUT2D eigenvalue weighted by atomic mass is 32.2. The highest BCUT2D eigenvalue weighted by Gasteiger charge is 2.30. The summed E-state index contributed by atoms with van der Waals surface area (Å²) in [4.78, 5) is 24.4. The van der Waals surface area contributed by atoms with Gasteiger partial charge in [0.2, 0.25) is 11.8 Å². The van der Waals surface area contributed by atoms with Gasteiger partial charge in [0.1, 0.15) is 5.76 Å². The number of nitrogens with one attached hydrogen (secondary N) is 2. The first-order valence-corrected chi connectivity index (χ1v) is 10.1. The van der Waals surface area contributed by atoms with Crippen molar-refractivity contribution in [1.82, 2.24) is 10.6 Å². The van der Waals surface area contributed by atoms with E-state index in [0.29, 0.717) is 30.2 Å². The summed E-state index contributed by atoms with van der Waals surface area (Å²) in [5.41, 5.74) is 0.997. The molecule has 30 heavy (non-hydrogen) atoms. The lowest BCUT2D eigenvalue weighted by Crippen LogP contribution is -2.44. The molecule has 2 amide bonds. The van der Waals surface area contributed by atoms with Crippen LogP contribution in [0.3, 0.4) is 0 Å². The van der Waals surface area contributed by atoms with Crippen molar-refractivity contribution >= 4 is 35.0 Å². The summed E-state index contributed by atoms with van der Waals surface area (Å²) in [6.07, 6.45) is 3.64. The van der Waals surface area contributed by atoms with Gasteiger partial charge in [0.05, 0.1) is 31.9 Å². The first kappa shape index (κ1) is 21.4. The smallest absolute Gasteiger partial charge is 0.234 e. The first-order chi connectivity index (χ1) is 14.6. The Kier molecular flexibility index (Phi) is 7.50. The highest BCUT2D eigenvalue weighted by Crippen LogP contribution is 2.27. The third-order valence-electron chi connectivity index (χ3n) is 4.20. The molecular weight excluding hydrogens is 408 g/mol. The van der Waals surface area contributed by atoms with Gasteiger partial charge in [-0.3, -0.25) is 9.59 Å². The zero-order chi connectivity index (χ0) is 21.3. The molecule has 0 aliphatic carbocycles. The van der Waals surface area contributed by atoms with Gasteiger partial charge in [-0.2, -0.15) is 5.10 Å². The highest BCUT2D eigenvalue weighted by molar-refractivity contribution is 8.15. The van der Waals surface area contributed by atoms with Gasteiger partial charge >= 0.3 is 0 Å². The molecule has 2 aromatic rings. The van der Waals surface area contributed by atoms with E-state index in [9.17, 15) is 9.59 Å². The SMILES string of the molecule is COc1ccc(CCNC(=O)C2CC(=O)NC(=N/N=C/c3ccco3)S2)cc1OC. The van der Waals surface area contributed by atoms with Crippen LogP contribution in [-0.4, -0.2) is 49.2 Å². The fourth-order valence-electron chi connectivity index (χ4n) is 2.72. The fourth-order valence-corrected chi connectivity index (χ4v) is 3.68. The van der Waals surface area contributed by atoms with E-state index in [1.165, 1.54) is 12.5 Å². The first-order valence-electron chi connectivity index (χ1n) is 9.18. The van der Waals surface area contributed by atoms with Crippen LogP contribution < -0.4 is 20.1 Å². The molecule has 1 aliphatic heterocycles. The Morgan fingerprint density at radius 2 is 2.17 bits per heavy atom. The number of carbonyl (C=O) groups is 2. The van der Waals surface area contributed by atoms with Crippen molar-refractivity contribution < 1.29 is 23.5 Å². The average molecular weight is 430 g/mol. The van der Waals surface area contributed by atoms with Crippen molar-refractivity contribution in [1.29, 1.82) is 0 Å². The number of methoxy groups -OCH3 is 2. The van der Waals surface area contributed by atoms with Gasteiger partial charge in [0, 0.05) is 13.0 Å². The Bertz CT molecular complexity index is 943. The van der Waals surface area contributed by atoms with Gasteiger partial charge in [-0.05, 0) is 36.2 Å². The lowest BCUT2D eigenvalue weighted by atomic mass is 10.1. The van der Waals surface area contributed by atoms with Crippen LogP contribution >= 0.6 is 11.8 Å². The standard InChI is InChI=1S/C20H22N4O5S/c1-27-15-6-5-13(10-16(15)28-2)7-8-21-19(26)17-11-18(25)23-20(30-17)24-22-12-14-4-3-9-29-14/h3-6,9-10,12,17H,7-8,11H2,1-2H3,(H,21,26)(H,23,24,25)/b22-12+. The van der Waals surface area contributed by atoms with Crippen molar-refractivity contribution in [2.45, 2.75) is 18.1 Å². The molecule has 2 heterocycles. The van der Waals surface area contributed by atoms with E-state index in [-0.39, 0.29) is 23.4 Å². The molecule has 158 valence electrons. The van der Waals surface area contributed by atoms with Crippen LogP contribution in [0.1, 0.15) is 17.7 Å². The number of ether oxygens (including phenoxy) is 2. The van der Waals surface area contributed by atoms with E-state index in [1.54, 1.807) is 26.4 Å². The summed E-state index contributed by atoms with van der Waals surface area (Å²) in [5, 5.41) is 13.0. The van der Waals surface area contributed by atoms with Crippen molar-refractivity contribution in [3.05, 3.63) is 47.9 Å². The second-order valence-electron chi connectivity index (χ2n) is 6.25. The van der Waals surface area contributed by atoms with E-state index < -0.39 is 5.25 Å². The predicted octanol–water partition coefficient (Wildman–Crippen LogP) is 1.97. The van der Waals surface area contributed by atoms with Crippen LogP contribution in [-0.2, 0) is 16.0 Å². The molecule has 0 radical (unpaired) electrons. The summed E-state index contributed by atoms with van der Waals surface area (Å²) >= 11 is 1.16. The number of furan rings is 1. The molecule has 3 rings (SSSR count). The fraction of sp³-hybridized carbons (Fsp3) is 0.300. The molecule has 1 aromatic heterocycles. The normalized spacial score (nSPS) is 17.7. The maximum absolute atomic E-state index is 12.5. The summed E-state index contributed by atoms with van der Waals surface area (Å²) in [5.74, 6) is 1.32. The molecule has 1 aliphatic rings. The Morgan fingerprint density at radius 3 is 2.90 bits per heavy atom. The van der Waals surface area contributed by atoms with Gasteiger partial charge < -0.3 is 24.5 Å². The van der Waals surface area contributed by atoms with Crippen LogP contribution in [0.4, 0.5) is 0 Å². The van der Waals surface area contributed by atoms with E-state index in [2.05, 4.69) is 20.8 Å². The topological polar surface area (TPSA) is 115 Å². The number of amides is 2. The molecule has 10 heteroatoms. The third-order valence-corrected chi connectivity index (χ3v) is 5.27. The monoisotopic (exact) mass is 430 g/mol. The number of benzene rings is 1. The zero-order valence-corrected chi connectivity index (χ0v) is 17.4. The number of carbonyl (C=O) groups excluding carboxylic acids is 2. The number of nitrogens with zero attached hydrogens (tertiary/aromatic N) is 2. The van der Waals surface area contributed by atoms with Gasteiger partial charge in [-0.1, -0.05) is 17.8 Å². The van der Waals surface area contributed by atoms with Crippen molar-refractivity contribution in [2.24, 2.45) is 10.2 Å². The lowest BCUT2D eigenvalue weighted by molar-refractivity contribution is -0.125. The summed E-state index contributed by atoms with van der Waals surface area (Å²) < 4.78 is 15.6. The molecule has 9 nitrogen and oxygen atoms in total.